The predicted octanol–water partition coefficient (Wildman–Crippen LogP) is -14.6. The Bertz CT molecular complexity index is 2200. The zero-order chi connectivity index (χ0) is 64.9. The van der Waals surface area contributed by atoms with Gasteiger partial charge in [-0.3, -0.25) is 14.4 Å². The van der Waals surface area contributed by atoms with Crippen molar-refractivity contribution in [2.75, 3.05) is 51.6 Å². The Labute approximate surface area is 507 Å². The van der Waals surface area contributed by atoms with Crippen molar-refractivity contribution in [1.82, 2.24) is 10.6 Å². The molecule has 510 valence electrons. The van der Waals surface area contributed by atoms with Crippen LogP contribution in [0.2, 0.25) is 0 Å². The van der Waals surface area contributed by atoms with E-state index in [0.717, 1.165) is 13.8 Å². The van der Waals surface area contributed by atoms with Gasteiger partial charge in [0.15, 0.2) is 37.7 Å². The van der Waals surface area contributed by atoms with Crippen molar-refractivity contribution in [2.24, 2.45) is 0 Å². The molecule has 0 bridgehead atoms. The summed E-state index contributed by atoms with van der Waals surface area (Å²) < 4.78 is 75.3. The highest BCUT2D eigenvalue weighted by Gasteiger charge is 2.58. The molecule has 7 fully saturated rings. The number of aliphatic hydroxyl groups excluding tert-OH is 20. The maximum absolute atomic E-state index is 12.8. The first-order valence-corrected chi connectivity index (χ1v) is 29.1. The average molecular weight is 1350 g/mol. The number of carbonyl (C=O) groups excluding carboxylic acids is 3. The Morgan fingerprint density at radius 2 is 0.659 bits per heavy atom. The molecule has 0 aromatic rings. The van der Waals surface area contributed by atoms with Gasteiger partial charge < -0.3 is 174 Å². The monoisotopic (exact) mass is 1350 g/mol. The van der Waals surface area contributed by atoms with Gasteiger partial charge in [-0.2, -0.15) is 0 Å². The van der Waals surface area contributed by atoms with Crippen molar-refractivity contribution in [3.8, 4) is 0 Å². The molecule has 0 radical (unpaired) electrons. The Kier molecular flexibility index (Phi) is 26.8. The molecule has 0 spiro atoms. The minimum absolute atomic E-state index is 0.138. The molecule has 0 aromatic heterocycles. The number of alkyl halides is 1. The number of rotatable bonds is 24. The second-order valence-electron chi connectivity index (χ2n) is 22.1. The zero-order valence-electron chi connectivity index (χ0n) is 46.9. The quantitative estimate of drug-likeness (QED) is 0.0399. The zero-order valence-corrected chi connectivity index (χ0v) is 48.5. The van der Waals surface area contributed by atoms with E-state index < -0.39 is 278 Å². The van der Waals surface area contributed by atoms with Crippen LogP contribution >= 0.6 is 15.9 Å². The second kappa shape index (κ2) is 32.3. The summed E-state index contributed by atoms with van der Waals surface area (Å²) in [5, 5.41) is 222. The third-order valence-corrected chi connectivity index (χ3v) is 16.6. The molecule has 0 aliphatic carbocycles. The van der Waals surface area contributed by atoms with Crippen LogP contribution in [0.5, 0.6) is 0 Å². The van der Waals surface area contributed by atoms with E-state index in [1.54, 1.807) is 0 Å². The fraction of sp³-hybridized carbons (Fsp3) is 0.939. The first-order valence-electron chi connectivity index (χ1n) is 28.0. The molecule has 0 saturated carbocycles. The van der Waals surface area contributed by atoms with E-state index in [-0.39, 0.29) is 11.8 Å². The number of hydrogen-bond donors (Lipinski definition) is 22. The standard InChI is InChI=1S/C49H81BrN2O36/c1-12(58)51-23-15(3-14(60)4-50)78-19(8-56)40(30(23)66)85-44-24(52-13(2)59)31(67)41(20(9-57)82-44)86-49-39(75)43(88-48-37(73)34(70)27(63)18(7-55)81-48)29(65)22(84-49)11-77-46-38(74)42(87-47-36(72)33(69)26(62)17(6-54)80-47)28(64)21(83-46)10-76-45-35(71)32(68)25(61)16(5-53)79-45/h15-49,53-57,61-75H,3-11H2,1-2H3,(H,51,58)(H,52,59)/t15-,16?,17?,18?,19?,20?,21?,22?,23?,24?,25+,26+,27-,28+,29+,30+,31+,32-,33-,34?,35?,36?,37-,38?,39?,40+,41+,42-,43-,44-,45-,46-,47-,48-,49-/m0/s1. The van der Waals surface area contributed by atoms with Crippen LogP contribution in [0.25, 0.3) is 0 Å². The van der Waals surface area contributed by atoms with E-state index in [0.29, 0.717) is 0 Å². The van der Waals surface area contributed by atoms with Crippen molar-refractivity contribution < 1.29 is 178 Å². The molecule has 7 saturated heterocycles. The van der Waals surface area contributed by atoms with E-state index in [1.165, 1.54) is 0 Å². The molecular formula is C49H81BrN2O36. The molecule has 7 rings (SSSR count). The van der Waals surface area contributed by atoms with Crippen molar-refractivity contribution in [3.05, 3.63) is 0 Å². The molecule has 7 heterocycles. The smallest absolute Gasteiger partial charge is 0.217 e. The van der Waals surface area contributed by atoms with E-state index in [4.69, 9.17) is 61.6 Å². The molecule has 14 unspecified atom stereocenters. The van der Waals surface area contributed by atoms with Crippen LogP contribution in [-0.2, 0) is 76.0 Å². The highest BCUT2D eigenvalue weighted by Crippen LogP contribution is 2.37. The lowest BCUT2D eigenvalue weighted by Crippen LogP contribution is -2.70. The van der Waals surface area contributed by atoms with Crippen LogP contribution in [0.1, 0.15) is 20.3 Å². The molecule has 38 nitrogen and oxygen atoms in total. The topological polar surface area (TPSA) is 600 Å². The van der Waals surface area contributed by atoms with Crippen LogP contribution in [0.15, 0.2) is 0 Å². The number of carbonyl (C=O) groups is 3. The third-order valence-electron chi connectivity index (χ3n) is 16.0. The number of ketones is 1. The lowest BCUT2D eigenvalue weighted by Gasteiger charge is -2.50. The number of nitrogens with one attached hydrogen (secondary N) is 2. The van der Waals surface area contributed by atoms with Crippen LogP contribution in [0.3, 0.4) is 0 Å². The average Bonchev–Trinajstić information content (AvgIpc) is 1.03. The van der Waals surface area contributed by atoms with Crippen molar-refractivity contribution in [3.63, 3.8) is 0 Å². The van der Waals surface area contributed by atoms with Crippen LogP contribution in [0, 0.1) is 0 Å². The summed E-state index contributed by atoms with van der Waals surface area (Å²) in [4.78, 5) is 37.6. The summed E-state index contributed by atoms with van der Waals surface area (Å²) in [5.41, 5.74) is 0. The number of amides is 2. The van der Waals surface area contributed by atoms with Crippen LogP contribution in [0.4, 0.5) is 0 Å². The molecule has 7 aliphatic heterocycles. The lowest BCUT2D eigenvalue weighted by molar-refractivity contribution is -0.387. The van der Waals surface area contributed by atoms with Gasteiger partial charge in [-0.1, -0.05) is 15.9 Å². The summed E-state index contributed by atoms with van der Waals surface area (Å²) >= 11 is 3.04. The predicted molar refractivity (Wildman–Crippen MR) is 276 cm³/mol. The number of aliphatic hydroxyl groups is 20. The van der Waals surface area contributed by atoms with Gasteiger partial charge in [0.2, 0.25) is 11.8 Å². The van der Waals surface area contributed by atoms with Crippen molar-refractivity contribution >= 4 is 33.5 Å². The van der Waals surface area contributed by atoms with E-state index in [1.807, 2.05) is 0 Å². The first kappa shape index (κ1) is 73.2. The van der Waals surface area contributed by atoms with Gasteiger partial charge in [-0.05, 0) is 0 Å². The van der Waals surface area contributed by atoms with Crippen molar-refractivity contribution in [1.29, 1.82) is 0 Å². The number of Topliss-reactive ketones (excluding diaryl/α,β-unsaturated/α-hetero) is 1. The Morgan fingerprint density at radius 1 is 0.341 bits per heavy atom. The SMILES string of the molecule is CC(=O)NC1[C@H](O[C@@H]2C(CO)O[C@@H](CC(=O)CBr)C(NC(C)=O)[C@H]2O)OC(CO)[C@@H](O[C@@H]2OC(CO[C@H]3OC(CO[C@H]4OC(CO)[C@@H](O)[C@H](O)C4O)[C@@H](O)[C@H](O[C@@H]4OC(CO)[C@@H](O)[C@H](O)C4O)C3O)[C@@H](O)[C@H](O[C@@H]3OC(CO)[C@H](O)C(O)[C@@H]3O)C2O)[C@@H]1O. The Morgan fingerprint density at radius 3 is 1.09 bits per heavy atom. The molecule has 2 amide bonds. The summed E-state index contributed by atoms with van der Waals surface area (Å²) in [6.07, 6.45) is -64.7. The fourth-order valence-electron chi connectivity index (χ4n) is 11.2. The highest BCUT2D eigenvalue weighted by atomic mass is 79.9. The first-order chi connectivity index (χ1) is 41.6. The maximum Gasteiger partial charge on any atom is 0.217 e. The largest absolute Gasteiger partial charge is 0.394 e. The molecule has 0 aromatic carbocycles. The van der Waals surface area contributed by atoms with Gasteiger partial charge in [0.05, 0.1) is 63.7 Å². The molecule has 22 N–H and O–H groups in total. The van der Waals surface area contributed by atoms with Gasteiger partial charge in [-0.25, -0.2) is 0 Å². The Hall–Kier alpha value is -2.23. The van der Waals surface area contributed by atoms with Gasteiger partial charge in [-0.15, -0.1) is 0 Å². The summed E-state index contributed by atoms with van der Waals surface area (Å²) in [6.45, 7) is -4.69. The molecule has 88 heavy (non-hydrogen) atoms. The number of ether oxygens (including phenoxy) is 13. The number of hydrogen-bond acceptors (Lipinski definition) is 36. The summed E-state index contributed by atoms with van der Waals surface area (Å²) in [7, 11) is 0. The molecule has 39 heteroatoms. The Balaban J connectivity index is 1.17. The lowest BCUT2D eigenvalue weighted by atomic mass is 9.89. The van der Waals surface area contributed by atoms with Crippen molar-refractivity contribution in [2.45, 2.75) is 235 Å². The van der Waals surface area contributed by atoms with E-state index in [2.05, 4.69) is 26.6 Å². The fourth-order valence-corrected chi connectivity index (χ4v) is 11.4. The van der Waals surface area contributed by atoms with Gasteiger partial charge in [0.25, 0.3) is 0 Å². The van der Waals surface area contributed by atoms with E-state index in [9.17, 15) is 117 Å². The van der Waals surface area contributed by atoms with E-state index >= 15 is 0 Å². The highest BCUT2D eigenvalue weighted by molar-refractivity contribution is 9.09. The molecule has 7 aliphatic rings. The minimum atomic E-state index is -2.35. The van der Waals surface area contributed by atoms with Gasteiger partial charge >= 0.3 is 0 Å². The summed E-state index contributed by atoms with van der Waals surface area (Å²) in [6, 6.07) is -3.17. The summed E-state index contributed by atoms with van der Waals surface area (Å²) in [5.74, 6) is -1.96. The third kappa shape index (κ3) is 16.3. The normalized spacial score (nSPS) is 48.6. The van der Waals surface area contributed by atoms with Crippen LogP contribution < -0.4 is 10.6 Å². The van der Waals surface area contributed by atoms with Crippen LogP contribution in [-0.4, -0.2) is 386 Å². The van der Waals surface area contributed by atoms with Gasteiger partial charge in [0, 0.05) is 20.3 Å². The second-order valence-corrected chi connectivity index (χ2v) is 22.7. The number of halogens is 1. The molecular weight excluding hydrogens is 1270 g/mol. The van der Waals surface area contributed by atoms with Gasteiger partial charge in [0.1, 0.15) is 171 Å². The molecule has 35 atom stereocenters. The maximum atomic E-state index is 12.8. The minimum Gasteiger partial charge on any atom is -0.394 e.